The first kappa shape index (κ1) is 19.7. The average molecular weight is 402 g/mol. The van der Waals surface area contributed by atoms with E-state index in [1.807, 2.05) is 13.8 Å². The van der Waals surface area contributed by atoms with Crippen molar-refractivity contribution in [2.75, 3.05) is 57.5 Å². The Morgan fingerprint density at radius 2 is 1.66 bits per heavy atom. The monoisotopic (exact) mass is 402 g/mol. The van der Waals surface area contributed by atoms with Crippen molar-refractivity contribution in [1.82, 2.24) is 15.1 Å². The van der Waals surface area contributed by atoms with Gasteiger partial charge in [0.1, 0.15) is 13.2 Å². The molecular formula is C20H26N4O5. The number of nitrogens with zero attached hydrogens (tertiary/aromatic N) is 3. The van der Waals surface area contributed by atoms with E-state index in [2.05, 4.69) is 15.1 Å². The van der Waals surface area contributed by atoms with Crippen LogP contribution in [0.4, 0.5) is 5.69 Å². The molecule has 9 heteroatoms. The summed E-state index contributed by atoms with van der Waals surface area (Å²) in [7, 11) is 0. The van der Waals surface area contributed by atoms with Crippen LogP contribution in [0.3, 0.4) is 0 Å². The number of piperazine rings is 1. The molecule has 0 bridgehead atoms. The Hall–Kier alpha value is -2.65. The first-order valence-corrected chi connectivity index (χ1v) is 9.96. The summed E-state index contributed by atoms with van der Waals surface area (Å²) in [5.41, 5.74) is 0.936. The molecule has 9 nitrogen and oxygen atoms in total. The summed E-state index contributed by atoms with van der Waals surface area (Å²) in [5, 5.41) is 2.90. The summed E-state index contributed by atoms with van der Waals surface area (Å²) >= 11 is 0. The summed E-state index contributed by atoms with van der Waals surface area (Å²) in [5.74, 6) is 0.0477. The molecule has 156 valence electrons. The highest BCUT2D eigenvalue weighted by Crippen LogP contribution is 2.40. The number of fused-ring (bicyclic) bond motifs is 2. The number of ketones is 1. The third-order valence-corrected chi connectivity index (χ3v) is 5.26. The minimum absolute atomic E-state index is 0.0229. The first-order valence-electron chi connectivity index (χ1n) is 9.96. The standard InChI is InChI=1S/C20H26N4O5/c1-13(2)21-18(25)11-22-3-5-23(6-4-22)12-24-15-10-17-16(28-7-8-29-17)9-14(15)19(26)20(24)27/h9-10,13H,3-8,11-12H2,1-2H3,(H,21,25). The molecule has 0 radical (unpaired) electrons. The van der Waals surface area contributed by atoms with Gasteiger partial charge in [-0.2, -0.15) is 0 Å². The Balaban J connectivity index is 1.39. The van der Waals surface area contributed by atoms with Crippen molar-refractivity contribution in [1.29, 1.82) is 0 Å². The minimum atomic E-state index is -0.527. The lowest BCUT2D eigenvalue weighted by molar-refractivity contribution is -0.123. The third kappa shape index (κ3) is 4.06. The summed E-state index contributed by atoms with van der Waals surface area (Å²) in [6, 6.07) is 3.46. The second-order valence-corrected chi connectivity index (χ2v) is 7.83. The number of hydrogen-bond donors (Lipinski definition) is 1. The molecule has 0 unspecified atom stereocenters. The highest BCUT2D eigenvalue weighted by molar-refractivity contribution is 6.52. The molecule has 0 aromatic heterocycles. The van der Waals surface area contributed by atoms with Crippen molar-refractivity contribution in [3.63, 3.8) is 0 Å². The molecule has 1 N–H and O–H groups in total. The van der Waals surface area contributed by atoms with Crippen LogP contribution in [0.5, 0.6) is 11.5 Å². The van der Waals surface area contributed by atoms with E-state index in [0.717, 1.165) is 13.1 Å². The Kier molecular flexibility index (Phi) is 5.42. The van der Waals surface area contributed by atoms with Gasteiger partial charge >= 0.3 is 5.91 Å². The van der Waals surface area contributed by atoms with Gasteiger partial charge in [0, 0.05) is 38.3 Å². The lowest BCUT2D eigenvalue weighted by atomic mass is 10.1. The summed E-state index contributed by atoms with van der Waals surface area (Å²) in [6.07, 6.45) is 0. The van der Waals surface area contributed by atoms with Gasteiger partial charge in [0.25, 0.3) is 5.78 Å². The van der Waals surface area contributed by atoms with Gasteiger partial charge in [0.05, 0.1) is 24.5 Å². The minimum Gasteiger partial charge on any atom is -0.486 e. The Bertz CT molecular complexity index is 832. The molecule has 0 aliphatic carbocycles. The van der Waals surface area contributed by atoms with Crippen molar-refractivity contribution >= 4 is 23.3 Å². The summed E-state index contributed by atoms with van der Waals surface area (Å²) in [4.78, 5) is 42.7. The van der Waals surface area contributed by atoms with Crippen molar-refractivity contribution in [3.8, 4) is 11.5 Å². The zero-order valence-electron chi connectivity index (χ0n) is 16.8. The molecule has 0 spiro atoms. The number of rotatable bonds is 5. The van der Waals surface area contributed by atoms with Gasteiger partial charge in [-0.1, -0.05) is 0 Å². The van der Waals surface area contributed by atoms with Crippen LogP contribution in [-0.4, -0.2) is 86.0 Å². The molecule has 3 aliphatic heterocycles. The maximum Gasteiger partial charge on any atom is 0.300 e. The zero-order chi connectivity index (χ0) is 20.5. The van der Waals surface area contributed by atoms with E-state index in [1.54, 1.807) is 12.1 Å². The van der Waals surface area contributed by atoms with E-state index in [-0.39, 0.29) is 11.9 Å². The lowest BCUT2D eigenvalue weighted by Gasteiger charge is -2.36. The van der Waals surface area contributed by atoms with Gasteiger partial charge in [-0.05, 0) is 19.9 Å². The molecule has 1 aromatic carbocycles. The first-order chi connectivity index (χ1) is 13.9. The molecule has 1 fully saturated rings. The number of ether oxygens (including phenoxy) is 2. The molecule has 3 heterocycles. The van der Waals surface area contributed by atoms with Crippen molar-refractivity contribution in [3.05, 3.63) is 17.7 Å². The number of carbonyl (C=O) groups is 3. The third-order valence-electron chi connectivity index (χ3n) is 5.26. The maximum absolute atomic E-state index is 12.6. The molecular weight excluding hydrogens is 376 g/mol. The normalized spacial score (nSPS) is 19.6. The lowest BCUT2D eigenvalue weighted by Crippen LogP contribution is -2.53. The van der Waals surface area contributed by atoms with E-state index in [0.29, 0.717) is 62.3 Å². The van der Waals surface area contributed by atoms with E-state index in [4.69, 9.17) is 9.47 Å². The largest absolute Gasteiger partial charge is 0.486 e. The van der Waals surface area contributed by atoms with Crippen molar-refractivity contribution < 1.29 is 23.9 Å². The Labute approximate surface area is 169 Å². The quantitative estimate of drug-likeness (QED) is 0.698. The number of amides is 2. The fraction of sp³-hybridized carbons (Fsp3) is 0.550. The zero-order valence-corrected chi connectivity index (χ0v) is 16.8. The van der Waals surface area contributed by atoms with Crippen LogP contribution in [0, 0.1) is 0 Å². The molecule has 3 aliphatic rings. The van der Waals surface area contributed by atoms with Crippen LogP contribution in [-0.2, 0) is 9.59 Å². The molecule has 1 saturated heterocycles. The molecule has 2 amide bonds. The summed E-state index contributed by atoms with van der Waals surface area (Å²) in [6.45, 7) is 8.36. The number of carbonyl (C=O) groups excluding carboxylic acids is 3. The molecule has 0 atom stereocenters. The SMILES string of the molecule is CC(C)NC(=O)CN1CCN(CN2C(=O)C(=O)c3cc4c(cc32)OCCO4)CC1. The van der Waals surface area contributed by atoms with E-state index in [9.17, 15) is 14.4 Å². The van der Waals surface area contributed by atoms with Gasteiger partial charge < -0.3 is 14.8 Å². The topological polar surface area (TPSA) is 91.4 Å². The molecule has 0 saturated carbocycles. The van der Waals surface area contributed by atoms with E-state index in [1.165, 1.54) is 4.90 Å². The number of hydrogen-bond acceptors (Lipinski definition) is 7. The number of benzene rings is 1. The Morgan fingerprint density at radius 1 is 1.03 bits per heavy atom. The maximum atomic E-state index is 12.6. The van der Waals surface area contributed by atoms with Crippen molar-refractivity contribution in [2.24, 2.45) is 0 Å². The fourth-order valence-corrected chi connectivity index (χ4v) is 3.83. The van der Waals surface area contributed by atoms with Crippen LogP contribution < -0.4 is 19.7 Å². The van der Waals surface area contributed by atoms with E-state index < -0.39 is 11.7 Å². The molecule has 4 rings (SSSR count). The average Bonchev–Trinajstić information content (AvgIpc) is 2.91. The highest BCUT2D eigenvalue weighted by atomic mass is 16.6. The van der Waals surface area contributed by atoms with Gasteiger partial charge in [-0.25, -0.2) is 0 Å². The highest BCUT2D eigenvalue weighted by Gasteiger charge is 2.38. The van der Waals surface area contributed by atoms with Crippen LogP contribution in [0.25, 0.3) is 0 Å². The second kappa shape index (κ2) is 8.00. The number of nitrogens with one attached hydrogen (secondary N) is 1. The fourth-order valence-electron chi connectivity index (χ4n) is 3.83. The summed E-state index contributed by atoms with van der Waals surface area (Å²) < 4.78 is 11.1. The predicted octanol–water partition coefficient (Wildman–Crippen LogP) is 0.0868. The Morgan fingerprint density at radius 3 is 2.31 bits per heavy atom. The van der Waals surface area contributed by atoms with Crippen molar-refractivity contribution in [2.45, 2.75) is 19.9 Å². The van der Waals surface area contributed by atoms with Crippen LogP contribution >= 0.6 is 0 Å². The van der Waals surface area contributed by atoms with Gasteiger partial charge in [0.2, 0.25) is 5.91 Å². The molecule has 1 aromatic rings. The van der Waals surface area contributed by atoms with Crippen LogP contribution in [0.2, 0.25) is 0 Å². The number of Topliss-reactive ketones (excluding diaryl/α,β-unsaturated/α-hetero) is 1. The molecule has 29 heavy (non-hydrogen) atoms. The van der Waals surface area contributed by atoms with E-state index >= 15 is 0 Å². The van der Waals surface area contributed by atoms with Gasteiger partial charge in [0.15, 0.2) is 11.5 Å². The van der Waals surface area contributed by atoms with Gasteiger partial charge in [-0.15, -0.1) is 0 Å². The predicted molar refractivity (Wildman–Crippen MR) is 105 cm³/mol. The van der Waals surface area contributed by atoms with Crippen LogP contribution in [0.15, 0.2) is 12.1 Å². The number of anilines is 1. The van der Waals surface area contributed by atoms with Crippen LogP contribution in [0.1, 0.15) is 24.2 Å². The van der Waals surface area contributed by atoms with Gasteiger partial charge in [-0.3, -0.25) is 29.1 Å². The smallest absolute Gasteiger partial charge is 0.300 e. The second-order valence-electron chi connectivity index (χ2n) is 7.83.